The van der Waals surface area contributed by atoms with Gasteiger partial charge in [-0.15, -0.1) is 0 Å². The zero-order valence-corrected chi connectivity index (χ0v) is 20.4. The lowest BCUT2D eigenvalue weighted by Gasteiger charge is -2.19. The van der Waals surface area contributed by atoms with Gasteiger partial charge in [0.05, 0.1) is 17.5 Å². The molecular formula is C27H38N6O2. The third-order valence-corrected chi connectivity index (χ3v) is 7.53. The van der Waals surface area contributed by atoms with E-state index in [0.29, 0.717) is 6.54 Å². The molecule has 0 unspecified atom stereocenters. The Morgan fingerprint density at radius 3 is 2.74 bits per heavy atom. The van der Waals surface area contributed by atoms with Crippen LogP contribution in [0, 0.1) is 5.92 Å². The number of nitrogens with one attached hydrogen (secondary N) is 3. The normalized spacial score (nSPS) is 24.3. The summed E-state index contributed by atoms with van der Waals surface area (Å²) in [6.45, 7) is 4.45. The van der Waals surface area contributed by atoms with E-state index in [2.05, 4.69) is 60.9 Å². The maximum Gasteiger partial charge on any atom is 0.146 e. The average Bonchev–Trinajstić information content (AvgIpc) is 3.37. The third-order valence-electron chi connectivity index (χ3n) is 7.53. The van der Waals surface area contributed by atoms with Gasteiger partial charge in [-0.2, -0.15) is 0 Å². The molecule has 5 N–H and O–H groups in total. The van der Waals surface area contributed by atoms with Gasteiger partial charge in [-0.25, -0.2) is 9.97 Å². The van der Waals surface area contributed by atoms with E-state index in [1.165, 1.54) is 11.1 Å². The highest BCUT2D eigenvalue weighted by atomic mass is 16.3. The zero-order valence-electron chi connectivity index (χ0n) is 20.4. The van der Waals surface area contributed by atoms with E-state index >= 15 is 0 Å². The minimum Gasteiger partial charge on any atom is -0.390 e. The maximum absolute atomic E-state index is 10.9. The Morgan fingerprint density at radius 2 is 1.86 bits per heavy atom. The molecule has 3 heterocycles. The number of rotatable bonds is 10. The highest BCUT2D eigenvalue weighted by molar-refractivity contribution is 5.91. The number of aliphatic hydroxyl groups is 2. The van der Waals surface area contributed by atoms with Crippen molar-refractivity contribution in [3.05, 3.63) is 54.0 Å². The highest BCUT2D eigenvalue weighted by Crippen LogP contribution is 2.39. The van der Waals surface area contributed by atoms with Crippen LogP contribution in [-0.4, -0.2) is 69.7 Å². The van der Waals surface area contributed by atoms with Gasteiger partial charge in [-0.05, 0) is 69.3 Å². The Labute approximate surface area is 207 Å². The second-order valence-electron chi connectivity index (χ2n) is 9.95. The largest absolute Gasteiger partial charge is 0.390 e. The Bertz CT molecular complexity index is 1090. The molecule has 0 saturated heterocycles. The molecule has 1 aromatic carbocycles. The molecule has 5 rings (SSSR count). The average molecular weight is 479 g/mol. The topological polar surface area (TPSA) is 107 Å². The molecule has 1 fully saturated rings. The van der Waals surface area contributed by atoms with Gasteiger partial charge >= 0.3 is 0 Å². The number of anilines is 1. The summed E-state index contributed by atoms with van der Waals surface area (Å²) in [5.74, 6) is 0.893. The van der Waals surface area contributed by atoms with Gasteiger partial charge in [-0.3, -0.25) is 0 Å². The number of benzene rings is 1. The van der Waals surface area contributed by atoms with Crippen molar-refractivity contribution in [2.75, 3.05) is 38.0 Å². The first-order valence-electron chi connectivity index (χ1n) is 13.1. The van der Waals surface area contributed by atoms with Crippen LogP contribution in [0.25, 0.3) is 11.0 Å². The number of aliphatic hydroxyl groups excluding tert-OH is 2. The van der Waals surface area contributed by atoms with Crippen molar-refractivity contribution < 1.29 is 10.2 Å². The molecule has 8 heteroatoms. The van der Waals surface area contributed by atoms with Crippen molar-refractivity contribution in [2.45, 2.75) is 56.8 Å². The Hall–Kier alpha value is -2.52. The first-order valence-corrected chi connectivity index (χ1v) is 13.1. The second-order valence-corrected chi connectivity index (χ2v) is 9.95. The summed E-state index contributed by atoms with van der Waals surface area (Å²) in [7, 11) is 0. The molecule has 0 spiro atoms. The number of hydrogen-bond acceptors (Lipinski definition) is 7. The van der Waals surface area contributed by atoms with Crippen molar-refractivity contribution in [1.82, 2.24) is 25.2 Å². The van der Waals surface area contributed by atoms with Gasteiger partial charge in [0.1, 0.15) is 23.9 Å². The van der Waals surface area contributed by atoms with E-state index in [-0.39, 0.29) is 12.0 Å². The van der Waals surface area contributed by atoms with Crippen LogP contribution in [0.4, 0.5) is 5.82 Å². The van der Waals surface area contributed by atoms with E-state index in [9.17, 15) is 10.2 Å². The molecule has 1 aliphatic heterocycles. The van der Waals surface area contributed by atoms with Crippen LogP contribution in [-0.2, 0) is 12.8 Å². The van der Waals surface area contributed by atoms with E-state index in [1.54, 1.807) is 6.33 Å². The molecular weight excluding hydrogens is 440 g/mol. The van der Waals surface area contributed by atoms with Crippen LogP contribution in [0.2, 0.25) is 0 Å². The number of nitrogens with zero attached hydrogens (tertiary/aromatic N) is 3. The van der Waals surface area contributed by atoms with Gasteiger partial charge in [0.2, 0.25) is 0 Å². The monoisotopic (exact) mass is 478 g/mol. The summed E-state index contributed by atoms with van der Waals surface area (Å²) in [6.07, 6.45) is 8.18. The number of aryl methyl sites for hydroxylation is 1. The fraction of sp³-hybridized carbons (Fsp3) is 0.556. The first kappa shape index (κ1) is 24.2. The fourth-order valence-corrected chi connectivity index (χ4v) is 5.59. The first-order chi connectivity index (χ1) is 17.2. The Morgan fingerprint density at radius 1 is 1.00 bits per heavy atom. The molecule has 1 aliphatic carbocycles. The van der Waals surface area contributed by atoms with Crippen LogP contribution >= 0.6 is 0 Å². The molecule has 188 valence electrons. The maximum atomic E-state index is 10.9. The van der Waals surface area contributed by atoms with Crippen LogP contribution < -0.4 is 16.0 Å². The Balaban J connectivity index is 1.12. The lowest BCUT2D eigenvalue weighted by molar-refractivity contribution is 0.00692. The van der Waals surface area contributed by atoms with Crippen molar-refractivity contribution in [2.24, 2.45) is 5.92 Å². The van der Waals surface area contributed by atoms with Crippen molar-refractivity contribution in [3.63, 3.8) is 0 Å². The quantitative estimate of drug-likeness (QED) is 0.285. The van der Waals surface area contributed by atoms with Crippen LogP contribution in [0.15, 0.2) is 42.9 Å². The van der Waals surface area contributed by atoms with Crippen molar-refractivity contribution in [1.29, 1.82) is 0 Å². The smallest absolute Gasteiger partial charge is 0.146 e. The predicted molar refractivity (Wildman–Crippen MR) is 139 cm³/mol. The zero-order chi connectivity index (χ0) is 24.0. The molecule has 0 radical (unpaired) electrons. The van der Waals surface area contributed by atoms with Gasteiger partial charge < -0.3 is 30.7 Å². The van der Waals surface area contributed by atoms with E-state index in [1.807, 2.05) is 6.07 Å². The molecule has 4 atom stereocenters. The number of hydrogen-bond donors (Lipinski definition) is 5. The summed E-state index contributed by atoms with van der Waals surface area (Å²) in [5.41, 5.74) is 3.44. The molecule has 35 heavy (non-hydrogen) atoms. The lowest BCUT2D eigenvalue weighted by atomic mass is 10.1. The summed E-state index contributed by atoms with van der Waals surface area (Å²) in [6, 6.07) is 10.3. The van der Waals surface area contributed by atoms with E-state index in [0.717, 1.165) is 81.6 Å². The standard InChI is InChI=1S/C27H38N6O2/c34-24-21(16-29-12-6-11-28-14-10-19-7-2-1-3-8-19)15-22(25(24)35)33-17-20-9-4-5-13-30-26-23(20)27(33)32-18-31-26/h1-3,7-8,17-18,21-22,24-25,28-29,34-35H,4-6,9-16H2,(H,30,31,32)/t21-,22-,24-,25+/m1/s1. The summed E-state index contributed by atoms with van der Waals surface area (Å²) >= 11 is 0. The van der Waals surface area contributed by atoms with Crippen LogP contribution in [0.3, 0.4) is 0 Å². The molecule has 2 aliphatic rings. The molecule has 1 saturated carbocycles. The number of aromatic nitrogens is 3. The lowest BCUT2D eigenvalue weighted by Crippen LogP contribution is -2.34. The van der Waals surface area contributed by atoms with Crippen LogP contribution in [0.1, 0.15) is 42.9 Å². The van der Waals surface area contributed by atoms with Gasteiger partial charge in [-0.1, -0.05) is 30.3 Å². The summed E-state index contributed by atoms with van der Waals surface area (Å²) < 4.78 is 2.09. The van der Waals surface area contributed by atoms with Crippen molar-refractivity contribution >= 4 is 16.9 Å². The molecule has 0 amide bonds. The van der Waals surface area contributed by atoms with Crippen LogP contribution in [0.5, 0.6) is 0 Å². The molecule has 0 bridgehead atoms. The van der Waals surface area contributed by atoms with Crippen molar-refractivity contribution in [3.8, 4) is 0 Å². The second kappa shape index (κ2) is 11.5. The minimum absolute atomic E-state index is 0.0112. The predicted octanol–water partition coefficient (Wildman–Crippen LogP) is 2.27. The van der Waals surface area contributed by atoms with Gasteiger partial charge in [0.15, 0.2) is 0 Å². The molecule has 2 aromatic heterocycles. The highest BCUT2D eigenvalue weighted by Gasteiger charge is 2.42. The minimum atomic E-state index is -0.804. The third kappa shape index (κ3) is 5.51. The molecule has 3 aromatic rings. The fourth-order valence-electron chi connectivity index (χ4n) is 5.59. The Kier molecular flexibility index (Phi) is 7.93. The van der Waals surface area contributed by atoms with Gasteiger partial charge in [0.25, 0.3) is 0 Å². The van der Waals surface area contributed by atoms with E-state index in [4.69, 9.17) is 0 Å². The summed E-state index contributed by atoms with van der Waals surface area (Å²) in [4.78, 5) is 9.03. The SMILES string of the molecule is O[C@@H]1[C@@H](CNCCCNCCc2ccccc2)C[C@@H](n2cc3c4c(ncnc42)NCCCC3)[C@@H]1O. The van der Waals surface area contributed by atoms with Gasteiger partial charge in [0, 0.05) is 25.2 Å². The van der Waals surface area contributed by atoms with E-state index < -0.39 is 12.2 Å². The summed E-state index contributed by atoms with van der Waals surface area (Å²) in [5, 5.41) is 33.2. The molecule has 8 nitrogen and oxygen atoms in total.